The van der Waals surface area contributed by atoms with Crippen LogP contribution in [0.25, 0.3) is 0 Å². The molecule has 0 saturated heterocycles. The Labute approximate surface area is 242 Å². The third-order valence-corrected chi connectivity index (χ3v) is 2.32. The van der Waals surface area contributed by atoms with Gasteiger partial charge in [0.05, 0.1) is 0 Å². The molecule has 0 rings (SSSR count). The molecule has 0 bridgehead atoms. The number of hydrogen-bond donors (Lipinski definition) is 0. The van der Waals surface area contributed by atoms with E-state index in [-0.39, 0.29) is 113 Å². The average Bonchev–Trinajstić information content (AvgIpc) is 2.35. The summed E-state index contributed by atoms with van der Waals surface area (Å²) in [5.74, 6) is -13.2. The molecule has 0 radical (unpaired) electrons. The summed E-state index contributed by atoms with van der Waals surface area (Å²) in [6.45, 7) is 0. The summed E-state index contributed by atoms with van der Waals surface area (Å²) in [5.41, 5.74) is 0. The van der Waals surface area contributed by atoms with Gasteiger partial charge in [0, 0.05) is 47.7 Å². The van der Waals surface area contributed by atoms with Gasteiger partial charge >= 0.3 is 113 Å². The van der Waals surface area contributed by atoms with E-state index in [9.17, 15) is 59.4 Å². The van der Waals surface area contributed by atoms with Crippen molar-refractivity contribution in [2.45, 2.75) is 25.7 Å². The van der Waals surface area contributed by atoms with E-state index >= 15 is 0 Å². The molecule has 0 N–H and O–H groups in total. The first kappa shape index (κ1) is 38.2. The molecule has 0 atom stereocenters. The zero-order chi connectivity index (χ0) is 19.4. The maximum atomic E-state index is 10.1. The molecule has 0 aromatic heterocycles. The van der Waals surface area contributed by atoms with Crippen LogP contribution in [-0.4, -0.2) is 149 Å². The van der Waals surface area contributed by atoms with Crippen LogP contribution in [0.2, 0.25) is 0 Å². The van der Waals surface area contributed by atoms with Crippen molar-refractivity contribution in [2.24, 2.45) is 11.8 Å². The fourth-order valence-electron chi connectivity index (χ4n) is 1.28. The minimum Gasteiger partial charge on any atom is -0.550 e. The van der Waals surface area contributed by atoms with Crippen LogP contribution in [0.5, 0.6) is 0 Å². The van der Waals surface area contributed by atoms with Crippen molar-refractivity contribution in [1.29, 1.82) is 0 Å². The molecule has 0 aliphatic carbocycles. The minimum atomic E-state index is -1.73. The van der Waals surface area contributed by atoms with Gasteiger partial charge in [-0.15, -0.1) is 0 Å². The summed E-state index contributed by atoms with van der Waals surface area (Å²) >= 11 is 0. The summed E-state index contributed by atoms with van der Waals surface area (Å²) < 4.78 is 0. The molecule has 27 heavy (non-hydrogen) atoms. The van der Waals surface area contributed by atoms with Gasteiger partial charge in [-0.2, -0.15) is 0 Å². The third kappa shape index (κ3) is 26.6. The number of carboxylic acids is 6. The average molecular weight is 466 g/mol. The topological polar surface area (TPSA) is 241 Å². The first-order chi connectivity index (χ1) is 10.9. The van der Waals surface area contributed by atoms with Gasteiger partial charge in [-0.05, 0) is 25.7 Å². The molecular weight excluding hydrogens is 456 g/mol. The molecule has 0 heterocycles. The predicted octanol–water partition coefficient (Wildman–Crippen LogP) is -9.88. The fourth-order valence-corrected chi connectivity index (χ4v) is 1.28. The summed E-state index contributed by atoms with van der Waals surface area (Å²) in [4.78, 5) is 59.7. The number of hydrogen-bond acceptors (Lipinski definition) is 12. The standard InChI is InChI=1S/2C6H8O6.3Ca/c2*7-4(8)1-3(6(11)12)2-5(9)10;;;/h2*3H,1-2H2,(H,7,8)(H,9,10)(H,11,12);;;/q;;3*+2/p-6. The van der Waals surface area contributed by atoms with Crippen LogP contribution >= 0.6 is 0 Å². The molecule has 0 amide bonds. The Morgan fingerprint density at radius 1 is 0.444 bits per heavy atom. The molecule has 0 spiro atoms. The molecule has 0 aliphatic rings. The quantitative estimate of drug-likeness (QED) is 0.272. The molecule has 15 heteroatoms. The van der Waals surface area contributed by atoms with E-state index in [1.54, 1.807) is 0 Å². The summed E-state index contributed by atoms with van der Waals surface area (Å²) in [7, 11) is 0. The number of carbonyl (C=O) groups is 6. The Bertz CT molecular complexity index is 444. The van der Waals surface area contributed by atoms with Crippen LogP contribution < -0.4 is 30.6 Å². The van der Waals surface area contributed by atoms with Crippen LogP contribution in [0.1, 0.15) is 25.7 Å². The van der Waals surface area contributed by atoms with Crippen molar-refractivity contribution in [1.82, 2.24) is 0 Å². The number of aliphatic carboxylic acids is 6. The van der Waals surface area contributed by atoms with E-state index in [0.29, 0.717) is 0 Å². The maximum absolute atomic E-state index is 10.1. The van der Waals surface area contributed by atoms with Gasteiger partial charge in [-0.1, -0.05) is 0 Å². The first-order valence-electron chi connectivity index (χ1n) is 6.07. The monoisotopic (exact) mass is 466 g/mol. The van der Waals surface area contributed by atoms with Crippen LogP contribution in [-0.2, 0) is 28.8 Å². The van der Waals surface area contributed by atoms with Gasteiger partial charge in [-0.3, -0.25) is 0 Å². The number of carbonyl (C=O) groups excluding carboxylic acids is 6. The van der Waals surface area contributed by atoms with Crippen LogP contribution in [0.3, 0.4) is 0 Å². The van der Waals surface area contributed by atoms with Crippen LogP contribution in [0.15, 0.2) is 0 Å². The zero-order valence-corrected chi connectivity index (χ0v) is 20.6. The normalized spacial score (nSPS) is 8.67. The van der Waals surface area contributed by atoms with Gasteiger partial charge in [0.15, 0.2) is 0 Å². The largest absolute Gasteiger partial charge is 2.00 e. The Hall–Kier alpha value is 0.599. The van der Waals surface area contributed by atoms with Crippen molar-refractivity contribution < 1.29 is 59.4 Å². The van der Waals surface area contributed by atoms with Crippen molar-refractivity contribution in [3.63, 3.8) is 0 Å². The summed E-state index contributed by atoms with van der Waals surface area (Å²) in [6.07, 6.45) is -3.51. The van der Waals surface area contributed by atoms with Crippen LogP contribution in [0.4, 0.5) is 0 Å². The van der Waals surface area contributed by atoms with Crippen molar-refractivity contribution in [3.8, 4) is 0 Å². The molecule has 0 aliphatic heterocycles. The van der Waals surface area contributed by atoms with Gasteiger partial charge in [0.25, 0.3) is 0 Å². The van der Waals surface area contributed by atoms with E-state index < -0.39 is 73.3 Å². The minimum absolute atomic E-state index is 0. The van der Waals surface area contributed by atoms with Gasteiger partial charge < -0.3 is 59.4 Å². The van der Waals surface area contributed by atoms with Crippen molar-refractivity contribution >= 4 is 149 Å². The Balaban J connectivity index is -0.000000108. The summed E-state index contributed by atoms with van der Waals surface area (Å²) in [6, 6.07) is 0. The molecular formula is C12H10Ca3O12. The van der Waals surface area contributed by atoms with Crippen molar-refractivity contribution in [2.75, 3.05) is 0 Å². The maximum Gasteiger partial charge on any atom is 2.00 e. The van der Waals surface area contributed by atoms with E-state index in [0.717, 1.165) is 0 Å². The Morgan fingerprint density at radius 2 is 0.593 bits per heavy atom. The molecule has 0 saturated carbocycles. The molecule has 0 fully saturated rings. The predicted molar refractivity (Wildman–Crippen MR) is 72.8 cm³/mol. The molecule has 0 aromatic carbocycles. The Kier molecular flexibility index (Phi) is 30.2. The molecule has 12 nitrogen and oxygen atoms in total. The number of rotatable bonds is 10. The smallest absolute Gasteiger partial charge is 0.550 e. The van der Waals surface area contributed by atoms with E-state index in [1.165, 1.54) is 0 Å². The van der Waals surface area contributed by atoms with Gasteiger partial charge in [0.1, 0.15) is 0 Å². The molecule has 0 aromatic rings. The second kappa shape index (κ2) is 21.3. The van der Waals surface area contributed by atoms with E-state index in [4.69, 9.17) is 0 Å². The second-order valence-electron chi connectivity index (χ2n) is 4.34. The van der Waals surface area contributed by atoms with Gasteiger partial charge in [0.2, 0.25) is 0 Å². The fraction of sp³-hybridized carbons (Fsp3) is 0.500. The van der Waals surface area contributed by atoms with Crippen molar-refractivity contribution in [3.05, 3.63) is 0 Å². The molecule has 136 valence electrons. The zero-order valence-electron chi connectivity index (χ0n) is 14.0. The van der Waals surface area contributed by atoms with Gasteiger partial charge in [-0.25, -0.2) is 0 Å². The third-order valence-electron chi connectivity index (χ3n) is 2.32. The van der Waals surface area contributed by atoms with E-state index in [2.05, 4.69) is 0 Å². The Morgan fingerprint density at radius 3 is 0.667 bits per heavy atom. The first-order valence-corrected chi connectivity index (χ1v) is 6.07. The summed E-state index contributed by atoms with van der Waals surface area (Å²) in [5, 5.41) is 59.7. The van der Waals surface area contributed by atoms with E-state index in [1.807, 2.05) is 0 Å². The van der Waals surface area contributed by atoms with Crippen LogP contribution in [0, 0.1) is 11.8 Å². The SMILES string of the molecule is O=C([O-])CC(CC(=O)[O-])C(=O)[O-].O=C([O-])CC(CC(=O)[O-])C(=O)[O-].[Ca+2].[Ca+2].[Ca+2]. The second-order valence-corrected chi connectivity index (χ2v) is 4.34. The number of carboxylic acid groups (broad SMARTS) is 6. The molecule has 0 unspecified atom stereocenters.